The number of thioether (sulfide) groups is 1. The van der Waals surface area contributed by atoms with Crippen LogP contribution in [0.4, 0.5) is 9.18 Å². The van der Waals surface area contributed by atoms with Crippen LogP contribution >= 0.6 is 11.8 Å². The third kappa shape index (κ3) is 29.3. The molecule has 8 amide bonds. The molecule has 630 valence electrons. The van der Waals surface area contributed by atoms with Crippen molar-refractivity contribution in [2.75, 3.05) is 67.8 Å². The SMILES string of the molecule is CC[C@H](C)[C@@H]([C@@H](CC(=O)N1C[C@@H](OC(=O)N(C)CCCC(=O)OCc2ccc(CC(=O)[C@H](CCCCC(N)=O)NC(=O)[C@@H](CC(=O)CCCCCN3C(=O)CC(SCC4(CC(=O)O)CC4)C3=O)C(C)C)cc2)C[C@H]1[C@H](OC)[C@@H](C)C(=O)N[C@@H](C)C(=O)c1ccc(F)cc1)OC)N(C)C(=O)[C@@H](CC(=O)[C@H](C(C)C)N(C)C)C(C)C. The van der Waals surface area contributed by atoms with Crippen LogP contribution in [0.3, 0.4) is 0 Å². The lowest BCUT2D eigenvalue weighted by Gasteiger charge is -2.41. The van der Waals surface area contributed by atoms with Gasteiger partial charge in [0.15, 0.2) is 17.3 Å². The molecule has 1 aliphatic carbocycles. The van der Waals surface area contributed by atoms with Crippen LogP contribution in [-0.2, 0) is 89.5 Å². The summed E-state index contributed by atoms with van der Waals surface area (Å²) in [5.41, 5.74) is 6.50. The first-order chi connectivity index (χ1) is 53.3. The molecule has 2 aromatic carbocycles. The molecule has 0 bridgehead atoms. The van der Waals surface area contributed by atoms with Crippen molar-refractivity contribution in [1.29, 1.82) is 0 Å². The van der Waals surface area contributed by atoms with Crippen molar-refractivity contribution in [1.82, 2.24) is 35.1 Å². The number of Topliss-reactive ketones (excluding diaryl/α,β-unsaturated/α-hetero) is 4. The fourth-order valence-corrected chi connectivity index (χ4v) is 16.8. The van der Waals surface area contributed by atoms with Gasteiger partial charge in [-0.1, -0.05) is 106 Å². The number of hydrogen-bond donors (Lipinski definition) is 4. The van der Waals surface area contributed by atoms with Gasteiger partial charge in [0.25, 0.3) is 0 Å². The molecule has 2 aromatic rings. The maximum Gasteiger partial charge on any atom is 0.409 e. The van der Waals surface area contributed by atoms with E-state index in [4.69, 9.17) is 24.7 Å². The topological polar surface area (TPSA) is 362 Å². The molecule has 2 heterocycles. The van der Waals surface area contributed by atoms with Crippen molar-refractivity contribution in [3.05, 3.63) is 71.0 Å². The van der Waals surface area contributed by atoms with Crippen molar-refractivity contribution >= 4 is 94.3 Å². The number of benzene rings is 2. The van der Waals surface area contributed by atoms with E-state index >= 15 is 4.79 Å². The zero-order chi connectivity index (χ0) is 84.3. The Morgan fingerprint density at radius 2 is 1.36 bits per heavy atom. The van der Waals surface area contributed by atoms with Gasteiger partial charge in [-0.3, -0.25) is 72.1 Å². The summed E-state index contributed by atoms with van der Waals surface area (Å²) < 4.78 is 37.7. The third-order valence-electron chi connectivity index (χ3n) is 22.5. The van der Waals surface area contributed by atoms with E-state index in [-0.39, 0.29) is 173 Å². The molecular weight excluding hydrogens is 1480 g/mol. The Balaban J connectivity index is 1.17. The van der Waals surface area contributed by atoms with Crippen LogP contribution in [0.1, 0.15) is 213 Å². The van der Waals surface area contributed by atoms with E-state index in [0.29, 0.717) is 55.4 Å². The van der Waals surface area contributed by atoms with Crippen LogP contribution in [0.2, 0.25) is 0 Å². The zero-order valence-corrected chi connectivity index (χ0v) is 70.2. The third-order valence-corrected chi connectivity index (χ3v) is 24.1. The first-order valence-corrected chi connectivity index (χ1v) is 41.2. The number of methoxy groups -OCH3 is 2. The van der Waals surface area contributed by atoms with Gasteiger partial charge >= 0.3 is 18.0 Å². The molecule has 0 aromatic heterocycles. The van der Waals surface area contributed by atoms with E-state index in [1.165, 1.54) is 66.8 Å². The van der Waals surface area contributed by atoms with E-state index in [9.17, 15) is 71.8 Å². The Kier molecular flexibility index (Phi) is 38.8. The summed E-state index contributed by atoms with van der Waals surface area (Å²) in [4.78, 5) is 196. The van der Waals surface area contributed by atoms with Crippen LogP contribution in [0.5, 0.6) is 0 Å². The summed E-state index contributed by atoms with van der Waals surface area (Å²) in [6, 6.07) is 7.83. The Hall–Kier alpha value is -8.02. The van der Waals surface area contributed by atoms with Crippen molar-refractivity contribution in [2.24, 2.45) is 52.6 Å². The number of hydrogen-bond acceptors (Lipinski definition) is 20. The van der Waals surface area contributed by atoms with Gasteiger partial charge in [0.05, 0.1) is 73.0 Å². The molecule has 5 rings (SSSR count). The molecule has 1 unspecified atom stereocenters. The van der Waals surface area contributed by atoms with Gasteiger partial charge in [0.2, 0.25) is 41.4 Å². The lowest BCUT2D eigenvalue weighted by atomic mass is 9.83. The predicted octanol–water partition coefficient (Wildman–Crippen LogP) is 9.37. The molecule has 13 atom stereocenters. The molecule has 1 saturated carbocycles. The lowest BCUT2D eigenvalue weighted by molar-refractivity contribution is -0.149. The molecule has 3 aliphatic rings. The molecule has 2 aliphatic heterocycles. The highest BCUT2D eigenvalue weighted by atomic mass is 32.2. The van der Waals surface area contributed by atoms with Crippen molar-refractivity contribution < 1.29 is 95.6 Å². The largest absolute Gasteiger partial charge is 0.481 e. The Bertz CT molecular complexity index is 3570. The number of carbonyl (C=O) groups excluding carboxylic acids is 13. The summed E-state index contributed by atoms with van der Waals surface area (Å²) in [5, 5.41) is 14.4. The molecule has 3 fully saturated rings. The fraction of sp³-hybridized carbons (Fsp3) is 0.690. The van der Waals surface area contributed by atoms with Gasteiger partial charge in [0, 0.05) is 116 Å². The summed E-state index contributed by atoms with van der Waals surface area (Å²) in [5.74, 6) is -8.29. The molecule has 113 heavy (non-hydrogen) atoms. The number of nitrogens with one attached hydrogen (secondary N) is 2. The summed E-state index contributed by atoms with van der Waals surface area (Å²) >= 11 is 1.36. The van der Waals surface area contributed by atoms with Gasteiger partial charge in [0.1, 0.15) is 24.3 Å². The van der Waals surface area contributed by atoms with Gasteiger partial charge in [-0.2, -0.15) is 0 Å². The van der Waals surface area contributed by atoms with Crippen molar-refractivity contribution in [2.45, 2.75) is 258 Å². The molecule has 29 heteroatoms. The van der Waals surface area contributed by atoms with Crippen LogP contribution in [0.25, 0.3) is 0 Å². The average molecular weight is 1600 g/mol. The number of nitrogens with two attached hydrogens (primary N) is 1. The van der Waals surface area contributed by atoms with E-state index < -0.39 is 125 Å². The number of primary amides is 1. The molecule has 5 N–H and O–H groups in total. The number of imide groups is 1. The van der Waals surface area contributed by atoms with Gasteiger partial charge in [-0.15, -0.1) is 11.8 Å². The minimum Gasteiger partial charge on any atom is -0.481 e. The normalized spacial score (nSPS) is 18.7. The lowest BCUT2D eigenvalue weighted by Crippen LogP contribution is -2.54. The Labute approximate surface area is 671 Å². The number of likely N-dealkylation sites (tertiary alicyclic amines) is 2. The smallest absolute Gasteiger partial charge is 0.409 e. The second-order valence-electron chi connectivity index (χ2n) is 32.7. The molecule has 27 nitrogen and oxygen atoms in total. The first-order valence-electron chi connectivity index (χ1n) is 40.1. The first kappa shape index (κ1) is 95.6. The monoisotopic (exact) mass is 1600 g/mol. The van der Waals surface area contributed by atoms with Gasteiger partial charge < -0.3 is 55.1 Å². The second kappa shape index (κ2) is 45.9. The maximum atomic E-state index is 15.1. The number of carboxylic acids is 1. The molecule has 2 saturated heterocycles. The van der Waals surface area contributed by atoms with Crippen LogP contribution in [0.15, 0.2) is 48.5 Å². The average Bonchev–Trinajstić information content (AvgIpc) is 1.67. The summed E-state index contributed by atoms with van der Waals surface area (Å²) in [6.07, 6.45) is 1.26. The number of rotatable bonds is 52. The van der Waals surface area contributed by atoms with Crippen LogP contribution in [0, 0.1) is 52.7 Å². The maximum absolute atomic E-state index is 15.1. The quantitative estimate of drug-likeness (QED) is 0.0207. The highest BCUT2D eigenvalue weighted by Crippen LogP contribution is 2.52. The number of halogens is 1. The van der Waals surface area contributed by atoms with Crippen molar-refractivity contribution in [3.63, 3.8) is 0 Å². The number of ether oxygens (including phenoxy) is 4. The number of aliphatic carboxylic acids is 1. The van der Waals surface area contributed by atoms with Crippen LogP contribution in [-0.4, -0.2) is 234 Å². The van der Waals surface area contributed by atoms with E-state index in [1.54, 1.807) is 43.1 Å². The standard InChI is InChI=1S/C84H127FN8O19S/c1-17-53(8)76(91(14)81(106)63(51(4)5)43-67(96)75(52(6)7)89(11)12)68(109-15)44-71(98)93-47-61(42-65(93)78(110-16)54(9)79(104)87-55(10)77(103)58-32-34-59(85)35-33-58)112-83(108)90(13)38-23-27-74(102)111-48-57-30-28-56(29-31-57)40-66(95)64(25-20-21-26-70(86)97)88-80(105)62(50(2)3)41-60(94)24-19-18-22-39-92-72(99)45-69(82(92)107)113-49-84(36-37-84)46-73(100)101/h28-35,50-55,61-65,68-69,75-76,78H,17-27,36-49H2,1-16H3,(H2,86,97)(H,87,104)(H,88,105)(H,100,101)/t53-,54+,55-,61-,62-,63-,64-,65-,68+,69?,75-,76-,78+/m0/s1. The van der Waals surface area contributed by atoms with Gasteiger partial charge in [-0.25, -0.2) is 9.18 Å². The number of likely N-dealkylation sites (N-methyl/N-ethyl adjacent to an activating group) is 2. The number of nitrogens with zero attached hydrogens (tertiary/aromatic N) is 5. The fourth-order valence-electron chi connectivity index (χ4n) is 15.4. The van der Waals surface area contributed by atoms with E-state index in [0.717, 1.165) is 25.0 Å². The highest BCUT2D eigenvalue weighted by Gasteiger charge is 2.49. The minimum atomic E-state index is -1.04. The molecule has 0 radical (unpaired) electrons. The number of carboxylic acid groups (broad SMARTS) is 1. The van der Waals surface area contributed by atoms with E-state index in [1.807, 2.05) is 74.4 Å². The van der Waals surface area contributed by atoms with Crippen molar-refractivity contribution in [3.8, 4) is 0 Å². The van der Waals surface area contributed by atoms with E-state index in [2.05, 4.69) is 10.6 Å². The number of amides is 8. The zero-order valence-electron chi connectivity index (χ0n) is 69.4. The Morgan fingerprint density at radius 1 is 0.726 bits per heavy atom. The van der Waals surface area contributed by atoms with Gasteiger partial charge in [-0.05, 0) is 130 Å². The Morgan fingerprint density at radius 3 is 1.94 bits per heavy atom. The molecule has 0 spiro atoms. The summed E-state index contributed by atoms with van der Waals surface area (Å²) in [6.45, 7) is 18.5. The summed E-state index contributed by atoms with van der Waals surface area (Å²) in [7, 11) is 9.70. The number of unbranched alkanes of at least 4 members (excludes halogenated alkanes) is 3. The molecular formula is C84H127FN8O19S. The predicted molar refractivity (Wildman–Crippen MR) is 425 cm³/mol. The number of carbonyl (C=O) groups is 14. The minimum absolute atomic E-state index is 0.0000669. The highest BCUT2D eigenvalue weighted by molar-refractivity contribution is 8.00. The number of ketones is 4. The number of esters is 1. The second-order valence-corrected chi connectivity index (χ2v) is 33.9. The van der Waals surface area contributed by atoms with Crippen LogP contribution < -0.4 is 16.4 Å².